The van der Waals surface area contributed by atoms with Crippen molar-refractivity contribution in [3.05, 3.63) is 134 Å². The summed E-state index contributed by atoms with van der Waals surface area (Å²) >= 11 is 6.37. The van der Waals surface area contributed by atoms with Crippen LogP contribution in [0.3, 0.4) is 0 Å². The average molecular weight is 897 g/mol. The van der Waals surface area contributed by atoms with Crippen molar-refractivity contribution in [2.75, 3.05) is 12.4 Å². The molecule has 0 aromatic heterocycles. The number of hydrogen-bond donors (Lipinski definition) is 5. The van der Waals surface area contributed by atoms with Crippen molar-refractivity contribution in [3.63, 3.8) is 0 Å². The fourth-order valence-corrected chi connectivity index (χ4v) is 8.30. The van der Waals surface area contributed by atoms with E-state index >= 15 is 9.59 Å². The van der Waals surface area contributed by atoms with Gasteiger partial charge in [-0.05, 0) is 51.1 Å². The first-order chi connectivity index (χ1) is 30.2. The third-order valence-corrected chi connectivity index (χ3v) is 12.6. The number of hydrogen-bond acceptors (Lipinski definition) is 13. The van der Waals surface area contributed by atoms with Gasteiger partial charge in [-0.3, -0.25) is 19.2 Å². The van der Waals surface area contributed by atoms with E-state index in [0.29, 0.717) is 5.69 Å². The van der Waals surface area contributed by atoms with Crippen LogP contribution in [0.4, 0.5) is 5.69 Å². The zero-order valence-corrected chi connectivity index (χ0v) is 37.8. The van der Waals surface area contributed by atoms with E-state index in [1.54, 1.807) is 76.2 Å². The van der Waals surface area contributed by atoms with Gasteiger partial charge in [-0.2, -0.15) is 0 Å². The van der Waals surface area contributed by atoms with Gasteiger partial charge in [-0.1, -0.05) is 87.4 Å². The maximum absolute atomic E-state index is 15.1. The number of nitrogens with one attached hydrogen (secondary N) is 2. The van der Waals surface area contributed by atoms with E-state index in [1.165, 1.54) is 52.2 Å². The third-order valence-electron chi connectivity index (χ3n) is 12.3. The van der Waals surface area contributed by atoms with Gasteiger partial charge in [0.1, 0.15) is 22.9 Å². The Balaban J connectivity index is 1.57. The van der Waals surface area contributed by atoms with Crippen LogP contribution in [0.1, 0.15) is 94.1 Å². The zero-order chi connectivity index (χ0) is 46.9. The Kier molecular flexibility index (Phi) is 14.2. The van der Waals surface area contributed by atoms with Crippen LogP contribution in [0.2, 0.25) is 5.02 Å². The van der Waals surface area contributed by atoms with Crippen LogP contribution in [-0.4, -0.2) is 81.9 Å². The van der Waals surface area contributed by atoms with Gasteiger partial charge in [-0.15, -0.1) is 0 Å². The van der Waals surface area contributed by atoms with Gasteiger partial charge >= 0.3 is 11.8 Å². The van der Waals surface area contributed by atoms with Crippen LogP contribution >= 0.6 is 11.6 Å². The first-order valence-electron chi connectivity index (χ1n) is 20.9. The normalized spacial score (nSPS) is 27.7. The van der Waals surface area contributed by atoms with Gasteiger partial charge in [0.2, 0.25) is 11.6 Å². The van der Waals surface area contributed by atoms with Gasteiger partial charge in [-0.25, -0.2) is 4.79 Å². The highest BCUT2D eigenvalue weighted by atomic mass is 35.5. The molecular formula is C49H53ClN2O12. The predicted octanol–water partition coefficient (Wildman–Crippen LogP) is 6.97. The van der Waals surface area contributed by atoms with Gasteiger partial charge in [0.05, 0.1) is 58.0 Å². The summed E-state index contributed by atoms with van der Waals surface area (Å²) in [5.74, 6) is -9.94. The second-order valence-electron chi connectivity index (χ2n) is 16.8. The first kappa shape index (κ1) is 47.6. The number of benzene rings is 3. The van der Waals surface area contributed by atoms with Gasteiger partial charge in [0.25, 0.3) is 11.7 Å². The molecule has 3 aliphatic heterocycles. The number of amides is 1. The number of carbonyl (C=O) groups is 5. The highest BCUT2D eigenvalue weighted by Gasteiger charge is 2.53. The summed E-state index contributed by atoms with van der Waals surface area (Å²) in [5, 5.41) is 39.7. The number of aliphatic hydroxyl groups excluding tert-OH is 3. The van der Waals surface area contributed by atoms with Crippen molar-refractivity contribution in [3.8, 4) is 11.5 Å². The number of halogens is 1. The third kappa shape index (κ3) is 9.06. The second-order valence-corrected chi connectivity index (χ2v) is 17.2. The van der Waals surface area contributed by atoms with E-state index in [2.05, 4.69) is 10.6 Å². The van der Waals surface area contributed by atoms with Crippen LogP contribution in [0.25, 0.3) is 0 Å². The molecule has 0 saturated heterocycles. The number of ketones is 3. The molecule has 1 aliphatic carbocycles. The van der Waals surface area contributed by atoms with Crippen LogP contribution in [0.15, 0.2) is 96.1 Å². The molecule has 1 amide bonds. The molecular weight excluding hydrogens is 844 g/mol. The van der Waals surface area contributed by atoms with E-state index in [9.17, 15) is 29.7 Å². The summed E-state index contributed by atoms with van der Waals surface area (Å²) in [6, 6.07) is 12.9. The molecule has 4 aliphatic rings. The van der Waals surface area contributed by atoms with Crippen molar-refractivity contribution < 1.29 is 58.2 Å². The Bertz CT molecular complexity index is 2510. The standard InChI is InChI=1S/C49H53ClN2O12/c1-23-17-19-30(20-18-23)51-37-38-43(57)35-34(42(37)56)36-45(29(7)44(35)63-48(60)31-15-10-11-16-32(31)50)64-49(8,46(36)58)62-22-21-33(61-9)26(4)40(54)28(6)41(55)27(5)39(53)24(2)13-12-14-25(3)47(59)52-38/h10-22,24,26-28,33,39-41,51,53-55H,1-9H3,(H,52,59). The largest absolute Gasteiger partial charge is 0.454 e. The fourth-order valence-electron chi connectivity index (χ4n) is 8.09. The molecule has 64 heavy (non-hydrogen) atoms. The van der Waals surface area contributed by atoms with Crippen molar-refractivity contribution >= 4 is 46.5 Å². The number of Topliss-reactive ketones (excluding diaryl/α,β-unsaturated/α-hetero) is 3. The topological polar surface area (TPSA) is 207 Å². The number of aliphatic hydroxyl groups is 3. The average Bonchev–Trinajstić information content (AvgIpc) is 3.54. The highest BCUT2D eigenvalue weighted by Crippen LogP contribution is 2.49. The number of allylic oxidation sites excluding steroid dienone is 4. The molecule has 3 aromatic carbocycles. The van der Waals surface area contributed by atoms with E-state index in [1.807, 2.05) is 6.92 Å². The lowest BCUT2D eigenvalue weighted by Gasteiger charge is -2.36. The monoisotopic (exact) mass is 896 g/mol. The Labute approximate surface area is 376 Å². The van der Waals surface area contributed by atoms with Gasteiger partial charge in [0.15, 0.2) is 0 Å². The lowest BCUT2D eigenvalue weighted by Crippen LogP contribution is -2.45. The minimum absolute atomic E-state index is 0.0168. The molecule has 0 saturated carbocycles. The van der Waals surface area contributed by atoms with Crippen molar-refractivity contribution in [2.45, 2.75) is 85.6 Å². The quantitative estimate of drug-likeness (QED) is 0.130. The first-order valence-corrected chi connectivity index (χ1v) is 21.3. The molecule has 0 spiro atoms. The summed E-state index contributed by atoms with van der Waals surface area (Å²) in [4.78, 5) is 72.7. The summed E-state index contributed by atoms with van der Waals surface area (Å²) in [7, 11) is 1.41. The Morgan fingerprint density at radius 3 is 2.12 bits per heavy atom. The molecule has 0 fully saturated rings. The molecule has 5 N–H and O–H groups in total. The zero-order valence-electron chi connectivity index (χ0n) is 37.0. The molecule has 9 atom stereocenters. The van der Waals surface area contributed by atoms with Crippen LogP contribution in [0, 0.1) is 37.5 Å². The lowest BCUT2D eigenvalue weighted by atomic mass is 9.78. The summed E-state index contributed by atoms with van der Waals surface area (Å²) in [6.07, 6.45) is 3.06. The van der Waals surface area contributed by atoms with Crippen molar-refractivity contribution in [1.82, 2.24) is 5.32 Å². The van der Waals surface area contributed by atoms with Crippen LogP contribution in [-0.2, 0) is 14.3 Å². The lowest BCUT2D eigenvalue weighted by molar-refractivity contribution is -0.116. The van der Waals surface area contributed by atoms with Crippen molar-refractivity contribution in [2.24, 2.45) is 23.7 Å². The Hall–Kier alpha value is -5.90. The van der Waals surface area contributed by atoms with Crippen LogP contribution < -0.4 is 20.1 Å². The number of carbonyl (C=O) groups excluding carboxylic acids is 5. The molecule has 0 radical (unpaired) electrons. The number of methoxy groups -OCH3 is 1. The highest BCUT2D eigenvalue weighted by molar-refractivity contribution is 6.34. The minimum Gasteiger partial charge on any atom is -0.454 e. The van der Waals surface area contributed by atoms with Gasteiger partial charge < -0.3 is 44.9 Å². The summed E-state index contributed by atoms with van der Waals surface area (Å²) in [5.41, 5.74) is -0.907. The van der Waals surface area contributed by atoms with E-state index < -0.39 is 111 Å². The summed E-state index contributed by atoms with van der Waals surface area (Å²) < 4.78 is 23.9. The molecule has 9 unspecified atom stereocenters. The van der Waals surface area contributed by atoms with E-state index in [-0.39, 0.29) is 33.0 Å². The van der Waals surface area contributed by atoms with E-state index in [0.717, 1.165) is 11.8 Å². The molecule has 3 aromatic rings. The molecule has 14 nitrogen and oxygen atoms in total. The maximum Gasteiger partial charge on any atom is 0.345 e. The van der Waals surface area contributed by atoms with Crippen molar-refractivity contribution in [1.29, 1.82) is 0 Å². The SMILES string of the molecule is COC1C=COC2(C)Oc3c(C)c(OC(=O)c4ccccc4Cl)c4c(c3C2=O)C(=O)C(Nc2ccc(C)cc2)=C(NC(=O)C(C)=CC=CC(C)C(O)C(C)C(O)C(C)C(O)C1C)C4=O. The number of fused-ring (bicyclic) bond motifs is 14. The minimum atomic E-state index is -2.16. The fraction of sp³-hybridized carbons (Fsp3) is 0.367. The number of ether oxygens (including phenoxy) is 4. The van der Waals surface area contributed by atoms with E-state index in [4.69, 9.17) is 30.5 Å². The number of aryl methyl sites for hydroxylation is 1. The number of rotatable bonds is 5. The number of esters is 1. The molecule has 15 heteroatoms. The summed E-state index contributed by atoms with van der Waals surface area (Å²) in [6.45, 7) is 12.9. The molecule has 338 valence electrons. The maximum atomic E-state index is 15.1. The molecule has 3 heterocycles. The molecule has 5 bridgehead atoms. The van der Waals surface area contributed by atoms with Crippen LogP contribution in [0.5, 0.6) is 11.5 Å². The number of anilines is 1. The molecule has 7 rings (SSSR count). The Morgan fingerprint density at radius 2 is 1.47 bits per heavy atom. The Morgan fingerprint density at radius 1 is 0.828 bits per heavy atom. The van der Waals surface area contributed by atoms with Gasteiger partial charge in [0, 0.05) is 54.5 Å². The smallest absolute Gasteiger partial charge is 0.345 e. The predicted molar refractivity (Wildman–Crippen MR) is 238 cm³/mol. The second kappa shape index (κ2) is 19.1.